The van der Waals surface area contributed by atoms with Crippen LogP contribution in [0.3, 0.4) is 0 Å². The number of nitrogens with zero attached hydrogens (tertiary/aromatic N) is 2. The fourth-order valence-corrected chi connectivity index (χ4v) is 3.77. The standard InChI is InChI=1S/C26H29F3N2O/c1-3-4-5-14-31(25(32)22-11-7-12-23(17-22)26(27,28)29)19-24-13-8-15-30(24)18-21-10-6-9-20(2)16-21/h6-13,15-17H,3-5,14,18-19H2,1-2H3. The highest BCUT2D eigenvalue weighted by atomic mass is 19.4. The van der Waals surface area contributed by atoms with Crippen molar-refractivity contribution < 1.29 is 18.0 Å². The lowest BCUT2D eigenvalue weighted by Crippen LogP contribution is -2.32. The van der Waals surface area contributed by atoms with Gasteiger partial charge in [0.25, 0.3) is 5.91 Å². The Balaban J connectivity index is 1.83. The molecule has 3 rings (SSSR count). The highest BCUT2D eigenvalue weighted by Crippen LogP contribution is 2.30. The summed E-state index contributed by atoms with van der Waals surface area (Å²) in [7, 11) is 0. The molecule has 170 valence electrons. The Bertz CT molecular complexity index is 1040. The van der Waals surface area contributed by atoms with Gasteiger partial charge in [-0.15, -0.1) is 0 Å². The van der Waals surface area contributed by atoms with E-state index in [0.717, 1.165) is 42.7 Å². The minimum absolute atomic E-state index is 0.0631. The van der Waals surface area contributed by atoms with Gasteiger partial charge >= 0.3 is 6.18 Å². The molecule has 1 amide bonds. The van der Waals surface area contributed by atoms with Gasteiger partial charge in [0.05, 0.1) is 12.1 Å². The number of rotatable bonds is 9. The molecule has 0 aliphatic rings. The molecule has 2 aromatic carbocycles. The van der Waals surface area contributed by atoms with Gasteiger partial charge in [-0.2, -0.15) is 13.2 Å². The number of benzene rings is 2. The van der Waals surface area contributed by atoms with Crippen LogP contribution in [0.1, 0.15) is 58.9 Å². The third-order valence-corrected chi connectivity index (χ3v) is 5.47. The van der Waals surface area contributed by atoms with Crippen molar-refractivity contribution in [1.29, 1.82) is 0 Å². The molecule has 0 aliphatic carbocycles. The predicted octanol–water partition coefficient (Wildman–Crippen LogP) is 6.70. The van der Waals surface area contributed by atoms with Crippen LogP contribution in [0, 0.1) is 6.92 Å². The van der Waals surface area contributed by atoms with Gasteiger partial charge in [-0.25, -0.2) is 0 Å². The van der Waals surface area contributed by atoms with Crippen LogP contribution in [0.25, 0.3) is 0 Å². The van der Waals surface area contributed by atoms with Crippen LogP contribution in [0.5, 0.6) is 0 Å². The average molecular weight is 443 g/mol. The van der Waals surface area contributed by atoms with E-state index in [1.807, 2.05) is 37.4 Å². The van der Waals surface area contributed by atoms with Gasteiger partial charge in [0.2, 0.25) is 0 Å². The van der Waals surface area contributed by atoms with Gasteiger partial charge in [0.1, 0.15) is 0 Å². The molecule has 0 radical (unpaired) electrons. The van der Waals surface area contributed by atoms with E-state index in [-0.39, 0.29) is 11.5 Å². The van der Waals surface area contributed by atoms with Crippen LogP contribution in [0.15, 0.2) is 66.9 Å². The number of hydrogen-bond donors (Lipinski definition) is 0. The van der Waals surface area contributed by atoms with Crippen molar-refractivity contribution in [3.63, 3.8) is 0 Å². The molecule has 0 fully saturated rings. The molecule has 0 saturated heterocycles. The molecule has 6 heteroatoms. The first-order valence-corrected chi connectivity index (χ1v) is 10.9. The van der Waals surface area contributed by atoms with E-state index in [0.29, 0.717) is 19.6 Å². The summed E-state index contributed by atoms with van der Waals surface area (Å²) < 4.78 is 41.5. The second kappa shape index (κ2) is 10.5. The first-order valence-electron chi connectivity index (χ1n) is 10.9. The van der Waals surface area contributed by atoms with Gasteiger partial charge in [0.15, 0.2) is 0 Å². The highest BCUT2D eigenvalue weighted by Gasteiger charge is 2.31. The summed E-state index contributed by atoms with van der Waals surface area (Å²) in [4.78, 5) is 14.9. The zero-order chi connectivity index (χ0) is 23.1. The molecule has 0 bridgehead atoms. The Morgan fingerprint density at radius 3 is 2.50 bits per heavy atom. The zero-order valence-electron chi connectivity index (χ0n) is 18.5. The van der Waals surface area contributed by atoms with Gasteiger partial charge < -0.3 is 9.47 Å². The van der Waals surface area contributed by atoms with Crippen LogP contribution in [0.4, 0.5) is 13.2 Å². The van der Waals surface area contributed by atoms with E-state index in [4.69, 9.17) is 0 Å². The zero-order valence-corrected chi connectivity index (χ0v) is 18.5. The smallest absolute Gasteiger partial charge is 0.345 e. The predicted molar refractivity (Wildman–Crippen MR) is 120 cm³/mol. The van der Waals surface area contributed by atoms with E-state index in [1.54, 1.807) is 4.90 Å². The Kier molecular flexibility index (Phi) is 7.78. The van der Waals surface area contributed by atoms with Crippen molar-refractivity contribution in [2.24, 2.45) is 0 Å². The first kappa shape index (κ1) is 23.6. The average Bonchev–Trinajstić information content (AvgIpc) is 3.18. The Hall–Kier alpha value is -3.02. The maximum atomic E-state index is 13.2. The monoisotopic (exact) mass is 442 g/mol. The topological polar surface area (TPSA) is 25.2 Å². The van der Waals surface area contributed by atoms with Crippen molar-refractivity contribution in [3.05, 3.63) is 94.8 Å². The van der Waals surface area contributed by atoms with Gasteiger partial charge in [-0.3, -0.25) is 4.79 Å². The van der Waals surface area contributed by atoms with Gasteiger partial charge in [0, 0.05) is 30.5 Å². The van der Waals surface area contributed by atoms with Crippen LogP contribution in [-0.2, 0) is 19.3 Å². The molecule has 0 N–H and O–H groups in total. The number of carbonyl (C=O) groups excluding carboxylic acids is 1. The second-order valence-electron chi connectivity index (χ2n) is 8.13. The summed E-state index contributed by atoms with van der Waals surface area (Å²) in [6.45, 7) is 5.63. The van der Waals surface area contributed by atoms with E-state index in [2.05, 4.69) is 23.6 Å². The van der Waals surface area contributed by atoms with E-state index in [9.17, 15) is 18.0 Å². The number of hydrogen-bond acceptors (Lipinski definition) is 1. The molecule has 1 heterocycles. The molecular formula is C26H29F3N2O. The van der Waals surface area contributed by atoms with Gasteiger partial charge in [-0.05, 0) is 49.2 Å². The van der Waals surface area contributed by atoms with Gasteiger partial charge in [-0.1, -0.05) is 55.7 Å². The number of aromatic nitrogens is 1. The lowest BCUT2D eigenvalue weighted by Gasteiger charge is -2.24. The van der Waals surface area contributed by atoms with Crippen LogP contribution < -0.4 is 0 Å². The number of alkyl halides is 3. The molecule has 1 aromatic heterocycles. The van der Waals surface area contributed by atoms with Crippen molar-refractivity contribution in [2.75, 3.05) is 6.54 Å². The SMILES string of the molecule is CCCCCN(Cc1cccn1Cc1cccc(C)c1)C(=O)c1cccc(C(F)(F)F)c1. The molecule has 0 atom stereocenters. The molecule has 0 spiro atoms. The molecule has 3 nitrogen and oxygen atoms in total. The molecular weight excluding hydrogens is 413 g/mol. The Morgan fingerprint density at radius 1 is 1.00 bits per heavy atom. The second-order valence-corrected chi connectivity index (χ2v) is 8.13. The summed E-state index contributed by atoms with van der Waals surface area (Å²) >= 11 is 0. The van der Waals surface area contributed by atoms with E-state index >= 15 is 0 Å². The molecule has 0 unspecified atom stereocenters. The summed E-state index contributed by atoms with van der Waals surface area (Å²) in [5.41, 5.74) is 2.54. The minimum atomic E-state index is -4.48. The van der Waals surface area contributed by atoms with E-state index in [1.165, 1.54) is 17.7 Å². The van der Waals surface area contributed by atoms with E-state index < -0.39 is 11.7 Å². The van der Waals surface area contributed by atoms with Crippen molar-refractivity contribution in [3.8, 4) is 0 Å². The Morgan fingerprint density at radius 2 is 1.78 bits per heavy atom. The van der Waals surface area contributed by atoms with Crippen LogP contribution in [0.2, 0.25) is 0 Å². The summed E-state index contributed by atoms with van der Waals surface area (Å²) in [6.07, 6.45) is 0.244. The fraction of sp³-hybridized carbons (Fsp3) is 0.346. The maximum Gasteiger partial charge on any atom is 0.416 e. The van der Waals surface area contributed by atoms with Crippen LogP contribution in [-0.4, -0.2) is 21.9 Å². The van der Waals surface area contributed by atoms with Crippen LogP contribution >= 0.6 is 0 Å². The Labute approximate surface area is 187 Å². The maximum absolute atomic E-state index is 13.2. The number of amides is 1. The summed E-state index contributed by atoms with van der Waals surface area (Å²) in [5, 5.41) is 0. The molecule has 3 aromatic rings. The summed E-state index contributed by atoms with van der Waals surface area (Å²) in [5.74, 6) is -0.379. The van der Waals surface area contributed by atoms with Crippen molar-refractivity contribution >= 4 is 5.91 Å². The third-order valence-electron chi connectivity index (χ3n) is 5.47. The number of halogens is 3. The normalized spacial score (nSPS) is 11.5. The lowest BCUT2D eigenvalue weighted by atomic mass is 10.1. The minimum Gasteiger partial charge on any atom is -0.345 e. The largest absolute Gasteiger partial charge is 0.416 e. The summed E-state index contributed by atoms with van der Waals surface area (Å²) in [6, 6.07) is 16.8. The third kappa shape index (κ3) is 6.25. The molecule has 0 saturated carbocycles. The highest BCUT2D eigenvalue weighted by molar-refractivity contribution is 5.94. The number of aryl methyl sites for hydroxylation is 1. The molecule has 32 heavy (non-hydrogen) atoms. The quantitative estimate of drug-likeness (QED) is 0.339. The van der Waals surface area contributed by atoms with Crippen molar-refractivity contribution in [1.82, 2.24) is 9.47 Å². The van der Waals surface area contributed by atoms with Crippen molar-refractivity contribution in [2.45, 2.75) is 52.4 Å². The molecule has 0 aliphatic heterocycles. The fourth-order valence-electron chi connectivity index (χ4n) is 3.77. The lowest BCUT2D eigenvalue weighted by molar-refractivity contribution is -0.137. The number of unbranched alkanes of at least 4 members (excludes halogenated alkanes) is 2. The number of carbonyl (C=O) groups is 1. The first-order chi connectivity index (χ1) is 15.3.